The van der Waals surface area contributed by atoms with E-state index in [-0.39, 0.29) is 0 Å². The van der Waals surface area contributed by atoms with E-state index < -0.39 is 11.4 Å². The average Bonchev–Trinajstić information content (AvgIpc) is 2.82. The van der Waals surface area contributed by atoms with Gasteiger partial charge in [-0.25, -0.2) is 0 Å². The monoisotopic (exact) mass is 268 g/mol. The second kappa shape index (κ2) is 4.81. The molecule has 0 spiro atoms. The highest BCUT2D eigenvalue weighted by molar-refractivity contribution is 6.31. The molecule has 1 aromatic carbocycles. The smallest absolute Gasteiger partial charge is 0.314 e. The Bertz CT molecular complexity index is 476. The van der Waals surface area contributed by atoms with Crippen LogP contribution in [0.5, 0.6) is 5.75 Å². The number of halogens is 1. The first kappa shape index (κ1) is 13.2. The van der Waals surface area contributed by atoms with Gasteiger partial charge in [-0.15, -0.1) is 0 Å². The Hall–Kier alpha value is -1.22. The van der Waals surface area contributed by atoms with Gasteiger partial charge in [0.2, 0.25) is 0 Å². The van der Waals surface area contributed by atoms with Gasteiger partial charge < -0.3 is 9.84 Å². The minimum absolute atomic E-state index is 0.596. The molecule has 0 aliphatic heterocycles. The van der Waals surface area contributed by atoms with Crippen molar-refractivity contribution in [1.82, 2.24) is 0 Å². The molecule has 1 aliphatic rings. The van der Waals surface area contributed by atoms with Crippen LogP contribution in [0, 0.1) is 6.92 Å². The first-order chi connectivity index (χ1) is 8.51. The van der Waals surface area contributed by atoms with Crippen LogP contribution < -0.4 is 4.74 Å². The van der Waals surface area contributed by atoms with E-state index in [4.69, 9.17) is 16.3 Å². The molecule has 1 aliphatic carbocycles. The topological polar surface area (TPSA) is 46.5 Å². The minimum Gasteiger partial charge on any atom is -0.496 e. The SMILES string of the molecule is COc1cc(C)c(Cl)cc1C1(C(=O)O)CCCC1. The van der Waals surface area contributed by atoms with Crippen LogP contribution in [0.1, 0.15) is 36.8 Å². The number of methoxy groups -OCH3 is 1. The predicted molar refractivity (Wildman–Crippen MR) is 70.5 cm³/mol. The van der Waals surface area contributed by atoms with Crippen LogP contribution in [0.4, 0.5) is 0 Å². The van der Waals surface area contributed by atoms with E-state index >= 15 is 0 Å². The van der Waals surface area contributed by atoms with Gasteiger partial charge in [-0.05, 0) is 37.5 Å². The standard InChI is InChI=1S/C14H17ClO3/c1-9-7-12(18-2)10(8-11(9)15)14(13(16)17)5-3-4-6-14/h7-8H,3-6H2,1-2H3,(H,16,17). The normalized spacial score (nSPS) is 17.7. The Morgan fingerprint density at radius 2 is 2.00 bits per heavy atom. The van der Waals surface area contributed by atoms with E-state index in [2.05, 4.69) is 0 Å². The number of carboxylic acids is 1. The lowest BCUT2D eigenvalue weighted by molar-refractivity contribution is -0.143. The summed E-state index contributed by atoms with van der Waals surface area (Å²) in [5.41, 5.74) is 0.782. The van der Waals surface area contributed by atoms with Crippen LogP contribution in [0.2, 0.25) is 5.02 Å². The Kier molecular flexibility index (Phi) is 3.53. The van der Waals surface area contributed by atoms with Gasteiger partial charge in [0, 0.05) is 10.6 Å². The Morgan fingerprint density at radius 1 is 1.39 bits per heavy atom. The molecular formula is C14H17ClO3. The first-order valence-corrected chi connectivity index (χ1v) is 6.47. The van der Waals surface area contributed by atoms with E-state index in [1.807, 2.05) is 13.0 Å². The summed E-state index contributed by atoms with van der Waals surface area (Å²) in [6, 6.07) is 3.58. The summed E-state index contributed by atoms with van der Waals surface area (Å²) in [5.74, 6) is -0.153. The fourth-order valence-electron chi connectivity index (χ4n) is 2.77. The minimum atomic E-state index is -0.831. The van der Waals surface area contributed by atoms with Crippen molar-refractivity contribution in [2.24, 2.45) is 0 Å². The quantitative estimate of drug-likeness (QED) is 0.912. The molecule has 0 bridgehead atoms. The number of hydrogen-bond acceptors (Lipinski definition) is 2. The predicted octanol–water partition coefficient (Wildman–Crippen LogP) is 3.55. The van der Waals surface area contributed by atoms with Crippen molar-refractivity contribution in [2.45, 2.75) is 38.0 Å². The molecule has 3 nitrogen and oxygen atoms in total. The lowest BCUT2D eigenvalue weighted by Crippen LogP contribution is -2.33. The molecule has 0 unspecified atom stereocenters. The zero-order chi connectivity index (χ0) is 13.3. The van der Waals surface area contributed by atoms with Crippen molar-refractivity contribution < 1.29 is 14.6 Å². The van der Waals surface area contributed by atoms with Gasteiger partial charge in [-0.3, -0.25) is 4.79 Å². The summed E-state index contributed by atoms with van der Waals surface area (Å²) < 4.78 is 5.35. The third kappa shape index (κ3) is 1.97. The Labute approximate surface area is 112 Å². The van der Waals surface area contributed by atoms with Crippen molar-refractivity contribution in [3.63, 3.8) is 0 Å². The fourth-order valence-corrected chi connectivity index (χ4v) is 2.94. The van der Waals surface area contributed by atoms with Gasteiger partial charge in [0.25, 0.3) is 0 Å². The number of aliphatic carboxylic acids is 1. The van der Waals surface area contributed by atoms with Gasteiger partial charge in [0.05, 0.1) is 12.5 Å². The highest BCUT2D eigenvalue weighted by Crippen LogP contribution is 2.46. The van der Waals surface area contributed by atoms with Crippen molar-refractivity contribution in [3.8, 4) is 5.75 Å². The van der Waals surface area contributed by atoms with Crippen molar-refractivity contribution in [2.75, 3.05) is 7.11 Å². The molecule has 1 N–H and O–H groups in total. The maximum Gasteiger partial charge on any atom is 0.314 e. The fraction of sp³-hybridized carbons (Fsp3) is 0.500. The van der Waals surface area contributed by atoms with Gasteiger partial charge in [-0.1, -0.05) is 24.4 Å². The van der Waals surface area contributed by atoms with Crippen molar-refractivity contribution in [1.29, 1.82) is 0 Å². The number of hydrogen-bond donors (Lipinski definition) is 1. The molecule has 98 valence electrons. The van der Waals surface area contributed by atoms with Crippen LogP contribution in [0.3, 0.4) is 0 Å². The molecule has 0 saturated heterocycles. The molecule has 18 heavy (non-hydrogen) atoms. The van der Waals surface area contributed by atoms with Crippen LogP contribution in [-0.4, -0.2) is 18.2 Å². The molecule has 0 radical (unpaired) electrons. The third-order valence-electron chi connectivity index (χ3n) is 3.86. The molecule has 0 amide bonds. The second-order valence-corrected chi connectivity index (χ2v) is 5.30. The van der Waals surface area contributed by atoms with Gasteiger partial charge >= 0.3 is 5.97 Å². The number of benzene rings is 1. The maximum atomic E-state index is 11.7. The van der Waals surface area contributed by atoms with Crippen LogP contribution in [-0.2, 0) is 10.2 Å². The maximum absolute atomic E-state index is 11.7. The summed E-state index contributed by atoms with van der Waals surface area (Å²) in [5, 5.41) is 10.2. The van der Waals surface area contributed by atoms with Crippen LogP contribution in [0.15, 0.2) is 12.1 Å². The molecular weight excluding hydrogens is 252 g/mol. The van der Waals surface area contributed by atoms with E-state index in [0.29, 0.717) is 29.2 Å². The van der Waals surface area contributed by atoms with Gasteiger partial charge in [0.1, 0.15) is 5.75 Å². The number of ether oxygens (including phenoxy) is 1. The highest BCUT2D eigenvalue weighted by atomic mass is 35.5. The Morgan fingerprint density at radius 3 is 2.50 bits per heavy atom. The lowest BCUT2D eigenvalue weighted by Gasteiger charge is -2.27. The molecule has 0 heterocycles. The molecule has 0 atom stereocenters. The zero-order valence-corrected chi connectivity index (χ0v) is 11.4. The van der Waals surface area contributed by atoms with Crippen LogP contribution in [0.25, 0.3) is 0 Å². The highest BCUT2D eigenvalue weighted by Gasteiger charge is 2.45. The van der Waals surface area contributed by atoms with Crippen molar-refractivity contribution >= 4 is 17.6 Å². The number of aryl methyl sites for hydroxylation is 1. The molecule has 0 aromatic heterocycles. The number of rotatable bonds is 3. The number of carboxylic acid groups (broad SMARTS) is 1. The first-order valence-electron chi connectivity index (χ1n) is 6.09. The van der Waals surface area contributed by atoms with Crippen LogP contribution >= 0.6 is 11.6 Å². The summed E-state index contributed by atoms with van der Waals surface area (Å²) >= 11 is 6.14. The Balaban J connectivity index is 2.61. The summed E-state index contributed by atoms with van der Waals surface area (Å²) in [7, 11) is 1.57. The van der Waals surface area contributed by atoms with E-state index in [9.17, 15) is 9.90 Å². The third-order valence-corrected chi connectivity index (χ3v) is 4.27. The molecule has 2 rings (SSSR count). The zero-order valence-electron chi connectivity index (χ0n) is 10.6. The lowest BCUT2D eigenvalue weighted by atomic mass is 9.78. The second-order valence-electron chi connectivity index (χ2n) is 4.90. The molecule has 1 aromatic rings. The van der Waals surface area contributed by atoms with Gasteiger partial charge in [-0.2, -0.15) is 0 Å². The van der Waals surface area contributed by atoms with E-state index in [1.165, 1.54) is 0 Å². The molecule has 1 saturated carbocycles. The average molecular weight is 269 g/mol. The molecule has 1 fully saturated rings. The van der Waals surface area contributed by atoms with Crippen molar-refractivity contribution in [3.05, 3.63) is 28.3 Å². The number of carbonyl (C=O) groups is 1. The summed E-state index contributed by atoms with van der Waals surface area (Å²) in [6.45, 7) is 1.89. The van der Waals surface area contributed by atoms with E-state index in [1.54, 1.807) is 13.2 Å². The summed E-state index contributed by atoms with van der Waals surface area (Å²) in [4.78, 5) is 11.7. The molecule has 4 heteroatoms. The largest absolute Gasteiger partial charge is 0.496 e. The van der Waals surface area contributed by atoms with E-state index in [0.717, 1.165) is 18.4 Å². The van der Waals surface area contributed by atoms with Gasteiger partial charge in [0.15, 0.2) is 0 Å². The summed E-state index contributed by atoms with van der Waals surface area (Å²) in [6.07, 6.45) is 3.16.